The van der Waals surface area contributed by atoms with E-state index in [2.05, 4.69) is 6.73 Å². The number of fused-ring (bicyclic) bond motifs is 20. The van der Waals surface area contributed by atoms with Crippen molar-refractivity contribution in [2.24, 2.45) is 0 Å². The Morgan fingerprint density at radius 3 is 0.548 bits per heavy atom. The van der Waals surface area contributed by atoms with Gasteiger partial charge in [0, 0.05) is 0 Å². The predicted molar refractivity (Wildman–Crippen MR) is 334 cm³/mol. The first-order chi connectivity index (χ1) is 46.2. The van der Waals surface area contributed by atoms with Gasteiger partial charge in [-0.05, 0) is 0 Å². The molecule has 6 aliphatic rings. The van der Waals surface area contributed by atoms with Crippen molar-refractivity contribution in [1.29, 1.82) is 0 Å². The Balaban J connectivity index is 1.05. The second kappa shape index (κ2) is 31.3. The van der Waals surface area contributed by atoms with Crippen LogP contribution < -0.4 is 37.9 Å². The summed E-state index contributed by atoms with van der Waals surface area (Å²) in [6.07, 6.45) is 0. The molecule has 0 atom stereocenters. The van der Waals surface area contributed by atoms with E-state index in [1.54, 1.807) is 0 Å². The maximum atomic E-state index is 6.62. The van der Waals surface area contributed by atoms with E-state index in [4.69, 9.17) is 125 Å². The molecule has 0 spiro atoms. The molecule has 0 unspecified atom stereocenters. The van der Waals surface area contributed by atoms with Crippen LogP contribution in [-0.4, -0.2) is 263 Å². The van der Waals surface area contributed by atoms with Gasteiger partial charge in [0.2, 0.25) is 0 Å². The first-order valence-electron chi connectivity index (χ1n) is 31.6. The second-order valence-electron chi connectivity index (χ2n) is 21.6. The molecule has 4 aromatic heterocycles. The molecule has 0 saturated heterocycles. The summed E-state index contributed by atoms with van der Waals surface area (Å²) in [7, 11) is 0. The number of benzene rings is 4. The number of ether oxygens (including phenoxy) is 20. The fourth-order valence-electron chi connectivity index (χ4n) is 11.2. The van der Waals surface area contributed by atoms with E-state index in [-0.39, 0.29) is 52.9 Å². The quantitative estimate of drug-likeness (QED) is 0.173. The maximum absolute atomic E-state index is 6.62. The molecule has 0 radical (unpaired) electrons. The van der Waals surface area contributed by atoms with Gasteiger partial charge in [0.25, 0.3) is 0 Å². The van der Waals surface area contributed by atoms with E-state index in [9.17, 15) is 0 Å². The van der Waals surface area contributed by atoms with Gasteiger partial charge in [0.1, 0.15) is 0 Å². The van der Waals surface area contributed by atoms with Crippen LogP contribution in [0.2, 0.25) is 0 Å². The molecule has 0 saturated carbocycles. The van der Waals surface area contributed by atoms with E-state index < -0.39 is 15.2 Å². The van der Waals surface area contributed by atoms with E-state index in [0.29, 0.717) is 294 Å². The Morgan fingerprint density at radius 2 is 0.366 bits per heavy atom. The molecule has 4 aromatic carbocycles. The Labute approximate surface area is 540 Å². The second-order valence-corrected chi connectivity index (χ2v) is 22.9. The van der Waals surface area contributed by atoms with Crippen molar-refractivity contribution in [2.45, 2.75) is 0 Å². The van der Waals surface area contributed by atoms with E-state index in [1.807, 2.05) is 48.5 Å². The summed E-state index contributed by atoms with van der Waals surface area (Å²) in [4.78, 5) is 33.2. The zero-order valence-electron chi connectivity index (χ0n) is 51.6. The monoisotopic (exact) mass is 1300 g/mol. The number of hydrogen-bond donors (Lipinski definition) is 0. The molecule has 93 heavy (non-hydrogen) atoms. The third-order valence-corrected chi connectivity index (χ3v) is 17.0. The summed E-state index contributed by atoms with van der Waals surface area (Å²) < 4.78 is 127. The molecule has 0 N–H and O–H groups in total. The number of rotatable bonds is 0. The molecular formula is C64H72AlN8O20+. The molecule has 6 bridgehead atoms. The average Bonchev–Trinajstić information content (AvgIpc) is 1.56. The summed E-state index contributed by atoms with van der Waals surface area (Å²) in [5, 5.41) is 2.68. The summed E-state index contributed by atoms with van der Waals surface area (Å²) >= 11 is -1.19. The average molecular weight is 1300 g/mol. The van der Waals surface area contributed by atoms with E-state index in [1.165, 1.54) is 0 Å². The van der Waals surface area contributed by atoms with Crippen molar-refractivity contribution in [1.82, 2.24) is 36.6 Å². The zero-order valence-corrected chi connectivity index (χ0v) is 52.7. The van der Waals surface area contributed by atoms with Crippen LogP contribution in [0.3, 0.4) is 0 Å². The summed E-state index contributed by atoms with van der Waals surface area (Å²) in [6.45, 7) is 10.6. The van der Waals surface area contributed by atoms with Crippen molar-refractivity contribution in [3.05, 3.63) is 48.5 Å². The van der Waals surface area contributed by atoms with Crippen molar-refractivity contribution >= 4 is 59.4 Å². The fraction of sp³-hybridized carbons (Fsp3) is 0.500. The van der Waals surface area contributed by atoms with Crippen LogP contribution in [0.5, 0.6) is 46.0 Å². The summed E-state index contributed by atoms with van der Waals surface area (Å²) in [6, 6.07) is 15.4. The van der Waals surface area contributed by atoms with Gasteiger partial charge in [-0.3, -0.25) is 0 Å². The van der Waals surface area contributed by atoms with Crippen LogP contribution in [0.1, 0.15) is 0 Å². The van der Waals surface area contributed by atoms with Gasteiger partial charge in [-0.25, -0.2) is 0 Å². The zero-order chi connectivity index (χ0) is 62.4. The minimum absolute atomic E-state index is 0.207. The van der Waals surface area contributed by atoms with Crippen LogP contribution in [0, 0.1) is 0 Å². The third-order valence-electron chi connectivity index (χ3n) is 15.5. The molecule has 29 heteroatoms. The van der Waals surface area contributed by atoms with Gasteiger partial charge < -0.3 is 9.47 Å². The van der Waals surface area contributed by atoms with Crippen LogP contribution in [0.4, 0.5) is 0 Å². The third kappa shape index (κ3) is 15.0. The van der Waals surface area contributed by atoms with Gasteiger partial charge >= 0.3 is 506 Å². The van der Waals surface area contributed by atoms with Gasteiger partial charge in [-0.2, -0.15) is 0 Å². The van der Waals surface area contributed by atoms with Crippen molar-refractivity contribution < 1.29 is 94.7 Å². The SMILES string of the molecule is c1c2c(cc3c1-c1nc-3nc3c4cc5c(cc4c4nc6nc(nc7c8cc9c(cc8c(n1)[n]7[Al+][n]34)OCCOCCOCCOCCO9)-c1cc3c(cc1-6)OCCOCCOCCOCCO3)OCCOCCOCCOCCO5)OCCOCCOCCOCCO2. The molecule has 10 heterocycles. The van der Waals surface area contributed by atoms with Crippen molar-refractivity contribution in [3.8, 4) is 91.5 Å². The predicted octanol–water partition coefficient (Wildman–Crippen LogP) is 5.34. The van der Waals surface area contributed by atoms with Gasteiger partial charge in [-0.1, -0.05) is 0 Å². The molecule has 6 aliphatic heterocycles. The van der Waals surface area contributed by atoms with Crippen LogP contribution in [-0.2, 0) is 56.8 Å². The number of hydrogen-bond acceptors (Lipinski definition) is 26. The topological polar surface area (TPSA) is 271 Å². The Kier molecular flexibility index (Phi) is 21.2. The molecule has 0 amide bonds. The normalized spacial score (nSPS) is 19.0. The first kappa shape index (κ1) is 63.1. The van der Waals surface area contributed by atoms with Crippen LogP contribution in [0.25, 0.3) is 89.7 Å². The molecule has 0 aliphatic carbocycles. The van der Waals surface area contributed by atoms with E-state index in [0.717, 1.165) is 0 Å². The van der Waals surface area contributed by atoms with Gasteiger partial charge in [0.15, 0.2) is 0 Å². The summed E-state index contributed by atoms with van der Waals surface area (Å²) in [5.41, 5.74) is 4.54. The number of nitrogens with zero attached hydrogens (tertiary/aromatic N) is 8. The standard InChI is InChI=1S/C64H72N8O20.Al/c1-9-77-17-25-85-49-33-41-42(34-50(49)86-26-18-78-10-2-73-1)58-65-57(41)69-59-43-35-51-52(88-28-20-80-12-4-74-3-11-79-19-27-87-51)36-44(43)61(66-59)71-63-47-39-55-56(92-32-24-84-16-8-76-7-15-83-23-31-91-55)40-48(47)64(68-63)72-62-46-38-54-53(37-45(46)60(67-62)70-58)89-29-21-81-13-5-75-6-14-82-22-30-90-54;/h33-40H,1-32H2;/q-2;+3. The Bertz CT molecular complexity index is 3530. The van der Waals surface area contributed by atoms with Crippen molar-refractivity contribution in [3.63, 3.8) is 0 Å². The van der Waals surface area contributed by atoms with E-state index >= 15 is 0 Å². The Morgan fingerprint density at radius 1 is 0.204 bits per heavy atom. The first-order valence-corrected chi connectivity index (χ1v) is 32.6. The van der Waals surface area contributed by atoms with Gasteiger partial charge in [-0.15, -0.1) is 0 Å². The molecule has 14 rings (SSSR count). The molecular weight excluding hydrogens is 1230 g/mol. The fourth-order valence-corrected chi connectivity index (χ4v) is 12.6. The molecule has 490 valence electrons. The van der Waals surface area contributed by atoms with Crippen LogP contribution >= 0.6 is 0 Å². The van der Waals surface area contributed by atoms with Crippen molar-refractivity contribution in [2.75, 3.05) is 211 Å². The summed E-state index contributed by atoms with van der Waals surface area (Å²) in [5.74, 6) is 5.03. The van der Waals surface area contributed by atoms with Gasteiger partial charge in [0.05, 0.1) is 26.4 Å². The molecule has 28 nitrogen and oxygen atoms in total. The number of aromatic nitrogens is 8. The minimum atomic E-state index is -1.19. The molecule has 0 fully saturated rings. The molecule has 8 aromatic rings. The Hall–Kier alpha value is -7.31. The van der Waals surface area contributed by atoms with Crippen LogP contribution in [0.15, 0.2) is 48.5 Å².